The average Bonchev–Trinajstić information content (AvgIpc) is 3.41. The number of rotatable bonds is 10. The van der Waals surface area contributed by atoms with Gasteiger partial charge in [0, 0.05) is 6.54 Å². The molecule has 0 radical (unpaired) electrons. The zero-order chi connectivity index (χ0) is 28.5. The van der Waals surface area contributed by atoms with E-state index in [9.17, 15) is 18.8 Å². The van der Waals surface area contributed by atoms with Gasteiger partial charge in [-0.15, -0.1) is 0 Å². The van der Waals surface area contributed by atoms with E-state index in [-0.39, 0.29) is 42.2 Å². The minimum Gasteiger partial charge on any atom is -0.490 e. The molecule has 0 fully saturated rings. The van der Waals surface area contributed by atoms with Crippen LogP contribution >= 0.6 is 11.6 Å². The second-order valence-electron chi connectivity index (χ2n) is 8.15. The fourth-order valence-corrected chi connectivity index (χ4v) is 3.76. The van der Waals surface area contributed by atoms with E-state index >= 15 is 0 Å². The van der Waals surface area contributed by atoms with Crippen molar-refractivity contribution >= 4 is 41.2 Å². The van der Waals surface area contributed by atoms with Gasteiger partial charge in [0.25, 0.3) is 5.91 Å². The third-order valence-corrected chi connectivity index (χ3v) is 5.58. The number of para-hydroxylation sites is 1. The Morgan fingerprint density at radius 3 is 2.65 bits per heavy atom. The molecule has 1 aliphatic rings. The Balaban J connectivity index is 1.31. The molecule has 3 aromatic rings. The summed E-state index contributed by atoms with van der Waals surface area (Å²) in [5.41, 5.74) is 3.29. The Labute approximate surface area is 233 Å². The molecule has 11 nitrogen and oxygen atoms in total. The molecule has 3 aromatic carbocycles. The lowest BCUT2D eigenvalue weighted by atomic mass is 10.2. The minimum atomic E-state index is -0.978. The van der Waals surface area contributed by atoms with Gasteiger partial charge in [0.1, 0.15) is 5.82 Å². The summed E-state index contributed by atoms with van der Waals surface area (Å²) in [6.45, 7) is 1.77. The fraction of sp³-hybridized carbons (Fsp3) is 0.185. The van der Waals surface area contributed by atoms with Crippen molar-refractivity contribution in [2.45, 2.75) is 13.5 Å². The van der Waals surface area contributed by atoms with Crippen LogP contribution in [0.25, 0.3) is 0 Å². The zero-order valence-corrected chi connectivity index (χ0v) is 21.9. The quantitative estimate of drug-likeness (QED) is 0.193. The van der Waals surface area contributed by atoms with Gasteiger partial charge in [0.05, 0.1) is 23.5 Å². The van der Waals surface area contributed by atoms with E-state index in [0.717, 1.165) is 5.56 Å². The molecule has 208 valence electrons. The van der Waals surface area contributed by atoms with Gasteiger partial charge in [-0.25, -0.2) is 9.82 Å². The predicted molar refractivity (Wildman–Crippen MR) is 143 cm³/mol. The Morgan fingerprint density at radius 1 is 1.05 bits per heavy atom. The topological polar surface area (TPSA) is 137 Å². The number of nitrogens with one attached hydrogen (secondary N) is 3. The number of fused-ring (bicyclic) bond motifs is 1. The first-order valence-electron chi connectivity index (χ1n) is 12.0. The van der Waals surface area contributed by atoms with Crippen LogP contribution in [0.1, 0.15) is 18.1 Å². The molecule has 1 heterocycles. The molecule has 3 amide bonds. The summed E-state index contributed by atoms with van der Waals surface area (Å²) in [4.78, 5) is 36.5. The van der Waals surface area contributed by atoms with Crippen molar-refractivity contribution in [1.29, 1.82) is 0 Å². The number of hydrogen-bond donors (Lipinski definition) is 3. The van der Waals surface area contributed by atoms with Gasteiger partial charge in [-0.05, 0) is 54.4 Å². The number of benzene rings is 3. The minimum absolute atomic E-state index is 0.0162. The van der Waals surface area contributed by atoms with E-state index in [4.69, 9.17) is 30.5 Å². The molecule has 40 heavy (non-hydrogen) atoms. The maximum atomic E-state index is 13.8. The molecule has 1 aliphatic heterocycles. The smallest absolute Gasteiger partial charge is 0.329 e. The normalized spacial score (nSPS) is 11.7. The Morgan fingerprint density at radius 2 is 1.85 bits per heavy atom. The van der Waals surface area contributed by atoms with Crippen molar-refractivity contribution in [3.05, 3.63) is 76.6 Å². The Kier molecular flexibility index (Phi) is 9.36. The second kappa shape index (κ2) is 13.3. The molecule has 3 N–H and O–H groups in total. The van der Waals surface area contributed by atoms with Crippen LogP contribution in [0.4, 0.5) is 10.1 Å². The number of amides is 3. The highest BCUT2D eigenvalue weighted by Crippen LogP contribution is 2.36. The molecule has 0 unspecified atom stereocenters. The highest BCUT2D eigenvalue weighted by molar-refractivity contribution is 6.35. The molecule has 0 bridgehead atoms. The van der Waals surface area contributed by atoms with Crippen LogP contribution in [-0.4, -0.2) is 43.9 Å². The average molecular weight is 571 g/mol. The fourth-order valence-electron chi connectivity index (χ4n) is 3.48. The molecule has 0 atom stereocenters. The van der Waals surface area contributed by atoms with Gasteiger partial charge >= 0.3 is 11.8 Å². The first-order chi connectivity index (χ1) is 19.3. The van der Waals surface area contributed by atoms with E-state index in [1.165, 1.54) is 36.5 Å². The first-order valence-corrected chi connectivity index (χ1v) is 12.3. The lowest BCUT2D eigenvalue weighted by molar-refractivity contribution is -0.139. The summed E-state index contributed by atoms with van der Waals surface area (Å²) in [7, 11) is 0. The zero-order valence-electron chi connectivity index (χ0n) is 21.2. The van der Waals surface area contributed by atoms with E-state index in [0.29, 0.717) is 17.1 Å². The van der Waals surface area contributed by atoms with Gasteiger partial charge < -0.3 is 29.6 Å². The molecule has 0 spiro atoms. The standard InChI is InChI=1S/C27H24ClFN4O7/c1-2-37-23-11-17(9-18(28)25(23)38-14-24(34)32-20-6-4-3-5-19(20)29)13-31-33-27(36)26(35)30-12-16-7-8-21-22(10-16)40-15-39-21/h3-11,13H,2,12,14-15H2,1H3,(H,30,35)(H,32,34)(H,33,36)/b31-13-. The van der Waals surface area contributed by atoms with E-state index in [1.54, 1.807) is 31.2 Å². The van der Waals surface area contributed by atoms with Crippen LogP contribution in [0.15, 0.2) is 59.7 Å². The highest BCUT2D eigenvalue weighted by atomic mass is 35.5. The second-order valence-corrected chi connectivity index (χ2v) is 8.56. The van der Waals surface area contributed by atoms with Crippen molar-refractivity contribution in [2.75, 3.05) is 25.3 Å². The number of ether oxygens (including phenoxy) is 4. The molecular formula is C27H24ClFN4O7. The van der Waals surface area contributed by atoms with Crippen LogP contribution in [0, 0.1) is 5.82 Å². The maximum Gasteiger partial charge on any atom is 0.329 e. The molecule has 0 aromatic heterocycles. The molecule has 0 aliphatic carbocycles. The first kappa shape index (κ1) is 28.2. The number of hydrogen-bond acceptors (Lipinski definition) is 8. The van der Waals surface area contributed by atoms with E-state index in [2.05, 4.69) is 21.2 Å². The lowest BCUT2D eigenvalue weighted by Gasteiger charge is -2.14. The number of halogens is 2. The van der Waals surface area contributed by atoms with Crippen LogP contribution in [-0.2, 0) is 20.9 Å². The van der Waals surface area contributed by atoms with Crippen LogP contribution in [0.2, 0.25) is 5.02 Å². The van der Waals surface area contributed by atoms with Crippen molar-refractivity contribution in [3.63, 3.8) is 0 Å². The number of anilines is 1. The van der Waals surface area contributed by atoms with Gasteiger partial charge in [0.2, 0.25) is 6.79 Å². The number of nitrogens with zero attached hydrogens (tertiary/aromatic N) is 1. The maximum absolute atomic E-state index is 13.8. The number of hydrazone groups is 1. The van der Waals surface area contributed by atoms with Crippen molar-refractivity contribution < 1.29 is 37.7 Å². The van der Waals surface area contributed by atoms with Gasteiger partial charge in [-0.1, -0.05) is 29.8 Å². The highest BCUT2D eigenvalue weighted by Gasteiger charge is 2.17. The van der Waals surface area contributed by atoms with Gasteiger partial charge in [-0.2, -0.15) is 5.10 Å². The number of carbonyl (C=O) groups excluding carboxylic acids is 3. The van der Waals surface area contributed by atoms with E-state index < -0.39 is 30.1 Å². The molecular weight excluding hydrogens is 547 g/mol. The molecule has 0 saturated heterocycles. The summed E-state index contributed by atoms with van der Waals surface area (Å²) in [6.07, 6.45) is 1.26. The third-order valence-electron chi connectivity index (χ3n) is 5.30. The predicted octanol–water partition coefficient (Wildman–Crippen LogP) is 3.39. The van der Waals surface area contributed by atoms with Gasteiger partial charge in [-0.3, -0.25) is 14.4 Å². The van der Waals surface area contributed by atoms with Crippen LogP contribution < -0.4 is 35.0 Å². The largest absolute Gasteiger partial charge is 0.490 e. The van der Waals surface area contributed by atoms with E-state index in [1.807, 2.05) is 0 Å². The summed E-state index contributed by atoms with van der Waals surface area (Å²) < 4.78 is 35.4. The summed E-state index contributed by atoms with van der Waals surface area (Å²) in [5, 5.41) is 8.79. The lowest BCUT2D eigenvalue weighted by Crippen LogP contribution is -2.37. The molecule has 13 heteroatoms. The van der Waals surface area contributed by atoms with Gasteiger partial charge in [0.15, 0.2) is 29.6 Å². The summed E-state index contributed by atoms with van der Waals surface area (Å²) in [5.74, 6) is -1.57. The summed E-state index contributed by atoms with van der Waals surface area (Å²) >= 11 is 6.34. The van der Waals surface area contributed by atoms with Crippen molar-refractivity contribution in [1.82, 2.24) is 10.7 Å². The molecule has 0 saturated carbocycles. The molecule has 4 rings (SSSR count). The van der Waals surface area contributed by atoms with Crippen LogP contribution in [0.5, 0.6) is 23.0 Å². The number of carbonyl (C=O) groups is 3. The third kappa shape index (κ3) is 7.38. The summed E-state index contributed by atoms with van der Waals surface area (Å²) in [6, 6.07) is 13.9. The van der Waals surface area contributed by atoms with Crippen molar-refractivity contribution in [2.24, 2.45) is 5.10 Å². The SMILES string of the molecule is CCOc1cc(/C=N\NC(=O)C(=O)NCc2ccc3c(c2)OCO3)cc(Cl)c1OCC(=O)Nc1ccccc1F. The monoisotopic (exact) mass is 570 g/mol. The van der Waals surface area contributed by atoms with Crippen molar-refractivity contribution in [3.8, 4) is 23.0 Å². The van der Waals surface area contributed by atoms with Crippen LogP contribution in [0.3, 0.4) is 0 Å². The Bertz CT molecular complexity index is 1450. The Hall–Kier alpha value is -4.84.